The van der Waals surface area contributed by atoms with Crippen molar-refractivity contribution in [1.82, 2.24) is 35.1 Å². The molecule has 1 aliphatic rings. The van der Waals surface area contributed by atoms with Crippen LogP contribution in [0.2, 0.25) is 0 Å². The van der Waals surface area contributed by atoms with E-state index < -0.39 is 0 Å². The highest BCUT2D eigenvalue weighted by atomic mass is 16.5. The summed E-state index contributed by atoms with van der Waals surface area (Å²) in [6, 6.07) is 0. The average molecular weight is 307 g/mol. The number of morpholine rings is 1. The molecule has 1 N–H and O–H groups in total. The van der Waals surface area contributed by atoms with E-state index in [-0.39, 0.29) is 6.10 Å². The maximum absolute atomic E-state index is 5.85. The van der Waals surface area contributed by atoms with E-state index in [0.717, 1.165) is 36.8 Å². The molecule has 1 fully saturated rings. The van der Waals surface area contributed by atoms with E-state index in [9.17, 15) is 0 Å². The molecule has 2 aromatic rings. The van der Waals surface area contributed by atoms with Gasteiger partial charge in [0.15, 0.2) is 5.82 Å². The molecule has 1 saturated heterocycles. The van der Waals surface area contributed by atoms with Gasteiger partial charge in [0.25, 0.3) is 0 Å². The molecule has 0 bridgehead atoms. The van der Waals surface area contributed by atoms with Crippen LogP contribution in [-0.2, 0) is 22.6 Å². The fourth-order valence-corrected chi connectivity index (χ4v) is 2.54. The molecule has 9 nitrogen and oxygen atoms in total. The fourth-order valence-electron chi connectivity index (χ4n) is 2.54. The first-order chi connectivity index (χ1) is 10.8. The molecule has 120 valence electrons. The summed E-state index contributed by atoms with van der Waals surface area (Å²) >= 11 is 0. The van der Waals surface area contributed by atoms with Gasteiger partial charge in [0, 0.05) is 32.4 Å². The molecular weight excluding hydrogens is 286 g/mol. The van der Waals surface area contributed by atoms with E-state index in [0.29, 0.717) is 19.8 Å². The molecule has 1 unspecified atom stereocenters. The smallest absolute Gasteiger partial charge is 0.181 e. The Morgan fingerprint density at radius 3 is 3.18 bits per heavy atom. The average Bonchev–Trinajstić information content (AvgIpc) is 3.15. The molecule has 0 spiro atoms. The minimum atomic E-state index is -0.125. The van der Waals surface area contributed by atoms with E-state index in [2.05, 4.69) is 30.4 Å². The molecule has 3 rings (SSSR count). The third-order valence-corrected chi connectivity index (χ3v) is 3.81. The van der Waals surface area contributed by atoms with Gasteiger partial charge >= 0.3 is 0 Å². The second-order valence-corrected chi connectivity index (χ2v) is 5.32. The number of ether oxygens (including phenoxy) is 2. The lowest BCUT2D eigenvalue weighted by molar-refractivity contribution is -0.0400. The summed E-state index contributed by atoms with van der Waals surface area (Å²) in [5.74, 6) is 0.750. The Bertz CT molecular complexity index is 597. The van der Waals surface area contributed by atoms with Crippen LogP contribution in [0.4, 0.5) is 0 Å². The number of imidazole rings is 1. The number of rotatable bonds is 6. The predicted octanol–water partition coefficient (Wildman–Crippen LogP) is -0.0755. The first-order valence-electron chi connectivity index (χ1n) is 7.35. The molecule has 0 saturated carbocycles. The molecule has 1 atom stereocenters. The van der Waals surface area contributed by atoms with Crippen molar-refractivity contribution < 1.29 is 9.47 Å². The molecule has 0 aliphatic carbocycles. The lowest BCUT2D eigenvalue weighted by atomic mass is 10.2. The largest absolute Gasteiger partial charge is 0.383 e. The highest BCUT2D eigenvalue weighted by molar-refractivity contribution is 5.08. The summed E-state index contributed by atoms with van der Waals surface area (Å²) in [7, 11) is 1.66. The van der Waals surface area contributed by atoms with Crippen molar-refractivity contribution in [3.63, 3.8) is 0 Å². The van der Waals surface area contributed by atoms with Gasteiger partial charge in [-0.1, -0.05) is 0 Å². The number of aryl methyl sites for hydroxylation is 1. The summed E-state index contributed by atoms with van der Waals surface area (Å²) in [4.78, 5) is 9.78. The normalized spacial score (nSPS) is 19.6. The maximum atomic E-state index is 5.85. The van der Waals surface area contributed by atoms with Crippen LogP contribution in [0.25, 0.3) is 0 Å². The van der Waals surface area contributed by atoms with Gasteiger partial charge in [0.05, 0.1) is 31.8 Å². The van der Waals surface area contributed by atoms with Crippen LogP contribution in [0.1, 0.15) is 23.3 Å². The van der Waals surface area contributed by atoms with Crippen LogP contribution in [0.15, 0.2) is 6.33 Å². The number of H-pyrrole nitrogens is 1. The summed E-state index contributed by atoms with van der Waals surface area (Å²) < 4.78 is 12.7. The van der Waals surface area contributed by atoms with Crippen LogP contribution in [0, 0.1) is 6.92 Å². The van der Waals surface area contributed by atoms with E-state index >= 15 is 0 Å². The summed E-state index contributed by atoms with van der Waals surface area (Å²) in [6.45, 7) is 6.31. The molecule has 0 radical (unpaired) electrons. The Balaban J connectivity index is 1.65. The lowest BCUT2D eigenvalue weighted by Gasteiger charge is -2.31. The number of methoxy groups -OCH3 is 1. The number of hydrogen-bond acceptors (Lipinski definition) is 7. The highest BCUT2D eigenvalue weighted by Crippen LogP contribution is 2.21. The third kappa shape index (κ3) is 3.32. The van der Waals surface area contributed by atoms with Crippen molar-refractivity contribution in [2.45, 2.75) is 26.1 Å². The number of aromatic amines is 1. The highest BCUT2D eigenvalue weighted by Gasteiger charge is 2.27. The Morgan fingerprint density at radius 2 is 2.41 bits per heavy atom. The van der Waals surface area contributed by atoms with Gasteiger partial charge in [-0.05, 0) is 17.4 Å². The van der Waals surface area contributed by atoms with E-state index in [1.54, 1.807) is 18.1 Å². The van der Waals surface area contributed by atoms with Gasteiger partial charge in [-0.2, -0.15) is 0 Å². The number of nitrogens with zero attached hydrogens (tertiary/aromatic N) is 6. The van der Waals surface area contributed by atoms with Crippen molar-refractivity contribution in [2.24, 2.45) is 0 Å². The van der Waals surface area contributed by atoms with Crippen LogP contribution in [0.3, 0.4) is 0 Å². The number of aromatic nitrogens is 6. The van der Waals surface area contributed by atoms with Crippen LogP contribution < -0.4 is 0 Å². The molecule has 0 aromatic carbocycles. The molecule has 1 aliphatic heterocycles. The van der Waals surface area contributed by atoms with E-state index in [1.165, 1.54) is 0 Å². The molecule has 3 heterocycles. The third-order valence-electron chi connectivity index (χ3n) is 3.81. The van der Waals surface area contributed by atoms with Crippen molar-refractivity contribution in [2.75, 3.05) is 33.4 Å². The summed E-state index contributed by atoms with van der Waals surface area (Å²) in [5, 5.41) is 11.9. The van der Waals surface area contributed by atoms with E-state index in [1.807, 2.05) is 6.92 Å². The maximum Gasteiger partial charge on any atom is 0.181 e. The monoisotopic (exact) mass is 307 g/mol. The van der Waals surface area contributed by atoms with Gasteiger partial charge < -0.3 is 14.5 Å². The van der Waals surface area contributed by atoms with Gasteiger partial charge in [-0.3, -0.25) is 4.90 Å². The van der Waals surface area contributed by atoms with Crippen molar-refractivity contribution >= 4 is 0 Å². The number of hydrogen-bond donors (Lipinski definition) is 1. The minimum absolute atomic E-state index is 0.125. The predicted molar refractivity (Wildman–Crippen MR) is 77.0 cm³/mol. The van der Waals surface area contributed by atoms with Gasteiger partial charge in [0.2, 0.25) is 0 Å². The Kier molecular flexibility index (Phi) is 4.76. The zero-order valence-corrected chi connectivity index (χ0v) is 12.9. The van der Waals surface area contributed by atoms with Gasteiger partial charge in [-0.25, -0.2) is 9.67 Å². The standard InChI is InChI=1S/C13H21N7O2/c1-10-11(15-9-14-10)7-19-3-6-22-12(8-19)13-16-17-18-20(13)4-5-21-2/h9,12H,3-8H2,1-2H3,(H,14,15). The SMILES string of the molecule is COCCn1nnnc1C1CN(Cc2nc[nH]c2C)CCO1. The molecule has 22 heavy (non-hydrogen) atoms. The number of tetrazole rings is 1. The second kappa shape index (κ2) is 6.95. The minimum Gasteiger partial charge on any atom is -0.383 e. The van der Waals surface area contributed by atoms with Crippen molar-refractivity contribution in [3.05, 3.63) is 23.5 Å². The molecule has 9 heteroatoms. The van der Waals surface area contributed by atoms with Crippen LogP contribution in [-0.4, -0.2) is 68.5 Å². The van der Waals surface area contributed by atoms with Gasteiger partial charge in [-0.15, -0.1) is 5.10 Å². The van der Waals surface area contributed by atoms with E-state index in [4.69, 9.17) is 9.47 Å². The molecule has 2 aromatic heterocycles. The molecule has 0 amide bonds. The summed E-state index contributed by atoms with van der Waals surface area (Å²) in [5.41, 5.74) is 2.17. The molecular formula is C13H21N7O2. The second-order valence-electron chi connectivity index (χ2n) is 5.32. The fraction of sp³-hybridized carbons (Fsp3) is 0.692. The zero-order valence-electron chi connectivity index (χ0n) is 12.9. The lowest BCUT2D eigenvalue weighted by Crippen LogP contribution is -2.39. The Labute approximate surface area is 128 Å². The van der Waals surface area contributed by atoms with Gasteiger partial charge in [0.1, 0.15) is 6.10 Å². The Morgan fingerprint density at radius 1 is 1.50 bits per heavy atom. The topological polar surface area (TPSA) is 94.0 Å². The number of nitrogens with one attached hydrogen (secondary N) is 1. The van der Waals surface area contributed by atoms with Crippen molar-refractivity contribution in [1.29, 1.82) is 0 Å². The summed E-state index contributed by atoms with van der Waals surface area (Å²) in [6.07, 6.45) is 1.60. The first-order valence-corrected chi connectivity index (χ1v) is 7.35. The zero-order chi connectivity index (χ0) is 15.4. The van der Waals surface area contributed by atoms with Crippen molar-refractivity contribution in [3.8, 4) is 0 Å². The Hall–Kier alpha value is -1.84. The van der Waals surface area contributed by atoms with Crippen LogP contribution >= 0.6 is 0 Å². The quantitative estimate of drug-likeness (QED) is 0.798. The van der Waals surface area contributed by atoms with Crippen LogP contribution in [0.5, 0.6) is 0 Å². The first kappa shape index (κ1) is 15.1.